The SMILES string of the molecule is CCCCC(CC)CC(C(CC)CCCC)P(=O)(O)O.CCCCC(CC)COP(=O)(O)CC(CC)CCCC. The molecule has 8 heteroatoms. The van der Waals surface area contributed by atoms with Gasteiger partial charge in [0.2, 0.25) is 0 Å². The van der Waals surface area contributed by atoms with Gasteiger partial charge in [-0.25, -0.2) is 0 Å². The third-order valence-electron chi connectivity index (χ3n) is 8.63. The second kappa shape index (κ2) is 25.8. The molecule has 6 nitrogen and oxygen atoms in total. The fourth-order valence-electron chi connectivity index (χ4n) is 5.48. The molecule has 244 valence electrons. The normalized spacial score (nSPS) is 17.3. The van der Waals surface area contributed by atoms with Crippen LogP contribution in [-0.4, -0.2) is 33.1 Å². The van der Waals surface area contributed by atoms with Gasteiger partial charge >= 0.3 is 15.2 Å². The van der Waals surface area contributed by atoms with E-state index in [1.54, 1.807) is 0 Å². The molecule has 0 spiro atoms. The first kappa shape index (κ1) is 42.4. The van der Waals surface area contributed by atoms with Gasteiger partial charge in [-0.3, -0.25) is 9.13 Å². The van der Waals surface area contributed by atoms with Crippen LogP contribution in [0.3, 0.4) is 0 Å². The third-order valence-corrected chi connectivity index (χ3v) is 11.7. The molecule has 0 heterocycles. The molecule has 0 fully saturated rings. The minimum Gasteiger partial charge on any atom is -0.324 e. The lowest BCUT2D eigenvalue weighted by molar-refractivity contribution is 0.200. The molecule has 6 atom stereocenters. The largest absolute Gasteiger partial charge is 0.328 e. The Hall–Kier alpha value is 0.300. The van der Waals surface area contributed by atoms with Crippen LogP contribution in [0.2, 0.25) is 0 Å². The highest BCUT2D eigenvalue weighted by atomic mass is 31.2. The van der Waals surface area contributed by atoms with Crippen molar-refractivity contribution < 1.29 is 28.3 Å². The van der Waals surface area contributed by atoms with Crippen LogP contribution < -0.4 is 0 Å². The molecule has 40 heavy (non-hydrogen) atoms. The van der Waals surface area contributed by atoms with Gasteiger partial charge < -0.3 is 19.2 Å². The molecule has 6 unspecified atom stereocenters. The monoisotopic (exact) mass is 612 g/mol. The van der Waals surface area contributed by atoms with Gasteiger partial charge in [-0.1, -0.05) is 139 Å². The van der Waals surface area contributed by atoms with Crippen LogP contribution >= 0.6 is 15.2 Å². The van der Waals surface area contributed by atoms with Crippen LogP contribution in [0.4, 0.5) is 0 Å². The molecule has 3 N–H and O–H groups in total. The molecule has 0 aromatic carbocycles. The molecule has 0 rings (SSSR count). The first-order valence-corrected chi connectivity index (χ1v) is 20.3. The molecule has 0 radical (unpaired) electrons. The molecule has 0 aliphatic heterocycles. The molecule has 0 saturated carbocycles. The molecular formula is C32H70O6P2. The van der Waals surface area contributed by atoms with Gasteiger partial charge in [0.05, 0.1) is 18.4 Å². The predicted molar refractivity (Wildman–Crippen MR) is 174 cm³/mol. The van der Waals surface area contributed by atoms with Crippen LogP contribution in [0.5, 0.6) is 0 Å². The molecule has 0 saturated heterocycles. The Morgan fingerprint density at radius 3 is 1.40 bits per heavy atom. The summed E-state index contributed by atoms with van der Waals surface area (Å²) in [6.45, 7) is 17.5. The van der Waals surface area contributed by atoms with E-state index >= 15 is 0 Å². The smallest absolute Gasteiger partial charge is 0.324 e. The summed E-state index contributed by atoms with van der Waals surface area (Å²) >= 11 is 0. The predicted octanol–water partition coefficient (Wildman–Crippen LogP) is 11.0. The average Bonchev–Trinajstić information content (AvgIpc) is 2.92. The zero-order valence-electron chi connectivity index (χ0n) is 27.8. The third kappa shape index (κ3) is 21.9. The van der Waals surface area contributed by atoms with Crippen LogP contribution in [0.15, 0.2) is 0 Å². The van der Waals surface area contributed by atoms with Crippen LogP contribution in [0.1, 0.15) is 165 Å². The number of rotatable bonds is 25. The zero-order valence-corrected chi connectivity index (χ0v) is 29.6. The first-order valence-electron chi connectivity index (χ1n) is 16.9. The molecule has 0 aromatic rings. The lowest BCUT2D eigenvalue weighted by Crippen LogP contribution is -2.24. The lowest BCUT2D eigenvalue weighted by atomic mass is 9.86. The molecule has 0 bridgehead atoms. The van der Waals surface area contributed by atoms with E-state index < -0.39 is 20.9 Å². The Kier molecular flexibility index (Phi) is 27.3. The average molecular weight is 613 g/mol. The Bertz CT molecular complexity index is 646. The van der Waals surface area contributed by atoms with Gasteiger partial charge in [0, 0.05) is 0 Å². The summed E-state index contributed by atoms with van der Waals surface area (Å²) in [5.41, 5.74) is -0.430. The first-order chi connectivity index (χ1) is 18.9. The van der Waals surface area contributed by atoms with Crippen LogP contribution in [0.25, 0.3) is 0 Å². The van der Waals surface area contributed by atoms with Crippen molar-refractivity contribution in [1.29, 1.82) is 0 Å². The summed E-state index contributed by atoms with van der Waals surface area (Å²) < 4.78 is 29.5. The molecule has 0 aromatic heterocycles. The highest BCUT2D eigenvalue weighted by Gasteiger charge is 2.36. The summed E-state index contributed by atoms with van der Waals surface area (Å²) in [5.74, 6) is 1.38. The standard InChI is InChI=1S/2C16H35O3P/c1-5-9-11-15(7-3)13-19-20(17,18)14-16(8-4)12-10-6-2;1-5-9-11-14(7-3)13-16(20(17,18)19)15(8-4)12-10-6-2/h15-16H,5-14H2,1-4H3,(H,17,18);14-16H,5-13H2,1-4H3,(H2,17,18,19). The summed E-state index contributed by atoms with van der Waals surface area (Å²) in [6, 6.07) is 0. The van der Waals surface area contributed by atoms with Crippen molar-refractivity contribution in [2.24, 2.45) is 23.7 Å². The van der Waals surface area contributed by atoms with Crippen molar-refractivity contribution in [1.82, 2.24) is 0 Å². The lowest BCUT2D eigenvalue weighted by Gasteiger charge is -2.30. The number of hydrogen-bond acceptors (Lipinski definition) is 3. The summed E-state index contributed by atoms with van der Waals surface area (Å²) in [4.78, 5) is 29.5. The van der Waals surface area contributed by atoms with Crippen LogP contribution in [-0.2, 0) is 13.7 Å². The highest BCUT2D eigenvalue weighted by Crippen LogP contribution is 2.50. The summed E-state index contributed by atoms with van der Waals surface area (Å²) in [5, 5.41) is 0. The van der Waals surface area contributed by atoms with E-state index in [4.69, 9.17) is 4.52 Å². The number of unbranched alkanes of at least 4 members (excludes halogenated alkanes) is 4. The van der Waals surface area contributed by atoms with Crippen molar-refractivity contribution in [3.05, 3.63) is 0 Å². The quantitative estimate of drug-likeness (QED) is 0.0886. The maximum absolute atomic E-state index is 12.2. The van der Waals surface area contributed by atoms with Gasteiger partial charge in [0.1, 0.15) is 0 Å². The molecular weight excluding hydrogens is 542 g/mol. The van der Waals surface area contributed by atoms with Gasteiger partial charge in [-0.2, -0.15) is 0 Å². The highest BCUT2D eigenvalue weighted by molar-refractivity contribution is 7.53. The molecule has 0 aliphatic carbocycles. The van der Waals surface area contributed by atoms with Gasteiger partial charge in [0.25, 0.3) is 0 Å². The Balaban J connectivity index is 0. The second-order valence-corrected chi connectivity index (χ2v) is 15.8. The second-order valence-electron chi connectivity index (χ2n) is 12.1. The summed E-state index contributed by atoms with van der Waals surface area (Å²) in [6.07, 6.45) is 18.2. The van der Waals surface area contributed by atoms with Gasteiger partial charge in [-0.15, -0.1) is 0 Å². The van der Waals surface area contributed by atoms with E-state index in [2.05, 4.69) is 55.4 Å². The van der Waals surface area contributed by atoms with E-state index in [0.717, 1.165) is 89.9 Å². The maximum atomic E-state index is 12.2. The van der Waals surface area contributed by atoms with Crippen molar-refractivity contribution >= 4 is 15.2 Å². The topological polar surface area (TPSA) is 104 Å². The van der Waals surface area contributed by atoms with Crippen molar-refractivity contribution in [2.75, 3.05) is 12.8 Å². The minimum atomic E-state index is -3.99. The van der Waals surface area contributed by atoms with Gasteiger partial charge in [0.15, 0.2) is 0 Å². The van der Waals surface area contributed by atoms with Crippen LogP contribution in [0, 0.1) is 23.7 Å². The number of hydrogen-bond donors (Lipinski definition) is 3. The van der Waals surface area contributed by atoms with Crippen molar-refractivity contribution in [3.63, 3.8) is 0 Å². The fourth-order valence-corrected chi connectivity index (χ4v) is 8.60. The fraction of sp³-hybridized carbons (Fsp3) is 1.00. The van der Waals surface area contributed by atoms with Crippen molar-refractivity contribution in [3.8, 4) is 0 Å². The Morgan fingerprint density at radius 1 is 0.575 bits per heavy atom. The Labute approximate surface area is 249 Å². The van der Waals surface area contributed by atoms with E-state index in [-0.39, 0.29) is 5.92 Å². The van der Waals surface area contributed by atoms with E-state index in [0.29, 0.717) is 36.9 Å². The Morgan fingerprint density at radius 2 is 1.00 bits per heavy atom. The van der Waals surface area contributed by atoms with E-state index in [1.165, 1.54) is 12.8 Å². The summed E-state index contributed by atoms with van der Waals surface area (Å²) in [7, 11) is -7.39. The molecule has 0 amide bonds. The van der Waals surface area contributed by atoms with Crippen molar-refractivity contribution in [2.45, 2.75) is 170 Å². The van der Waals surface area contributed by atoms with E-state index in [1.807, 2.05) is 0 Å². The van der Waals surface area contributed by atoms with Gasteiger partial charge in [-0.05, 0) is 49.4 Å². The maximum Gasteiger partial charge on any atom is 0.328 e. The zero-order chi connectivity index (χ0) is 31.0. The molecule has 0 aliphatic rings. The minimum absolute atomic E-state index is 0.173. The van der Waals surface area contributed by atoms with E-state index in [9.17, 15) is 23.8 Å².